The molecule has 0 radical (unpaired) electrons. The zero-order valence-electron chi connectivity index (χ0n) is 14.3. The van der Waals surface area contributed by atoms with Crippen molar-refractivity contribution >= 4 is 42.5 Å². The molecule has 0 saturated carbocycles. The van der Waals surface area contributed by atoms with Gasteiger partial charge in [-0.25, -0.2) is 4.98 Å². The Morgan fingerprint density at radius 3 is 2.48 bits per heavy atom. The lowest BCUT2D eigenvalue weighted by molar-refractivity contribution is 0.0934. The first-order valence-electron chi connectivity index (χ1n) is 7.66. The van der Waals surface area contributed by atoms with Gasteiger partial charge in [-0.2, -0.15) is 5.10 Å². The van der Waals surface area contributed by atoms with E-state index in [0.29, 0.717) is 18.0 Å². The molecule has 1 amide bonds. The highest BCUT2D eigenvalue weighted by atomic mass is 35.5. The summed E-state index contributed by atoms with van der Waals surface area (Å²) in [5.41, 5.74) is 7.50. The summed E-state index contributed by atoms with van der Waals surface area (Å²) in [7, 11) is 0. The van der Waals surface area contributed by atoms with E-state index in [1.165, 1.54) is 6.33 Å². The first-order chi connectivity index (χ1) is 11.1. The molecular formula is C16H25Cl2N5OS. The molecule has 0 fully saturated rings. The summed E-state index contributed by atoms with van der Waals surface area (Å²) < 4.78 is 0. The van der Waals surface area contributed by atoms with E-state index in [2.05, 4.69) is 34.3 Å². The lowest BCUT2D eigenvalue weighted by Crippen LogP contribution is -2.41. The van der Waals surface area contributed by atoms with E-state index in [1.54, 1.807) is 11.8 Å². The molecule has 0 aliphatic heterocycles. The van der Waals surface area contributed by atoms with Crippen LogP contribution in [-0.2, 0) is 5.75 Å². The number of aromatic nitrogens is 3. The predicted octanol–water partition coefficient (Wildman–Crippen LogP) is 3.04. The summed E-state index contributed by atoms with van der Waals surface area (Å²) in [6, 6.07) is 7.61. The number of benzene rings is 1. The summed E-state index contributed by atoms with van der Waals surface area (Å²) in [5, 5.41) is 10.4. The monoisotopic (exact) mass is 405 g/mol. The lowest BCUT2D eigenvalue weighted by atomic mass is 10.0. The molecule has 140 valence electrons. The molecule has 1 atom stereocenters. The highest BCUT2D eigenvalue weighted by molar-refractivity contribution is 7.98. The molecule has 0 aliphatic rings. The van der Waals surface area contributed by atoms with Crippen molar-refractivity contribution in [3.8, 4) is 0 Å². The van der Waals surface area contributed by atoms with E-state index in [0.717, 1.165) is 22.9 Å². The van der Waals surface area contributed by atoms with Gasteiger partial charge in [0.15, 0.2) is 5.16 Å². The van der Waals surface area contributed by atoms with Crippen molar-refractivity contribution in [1.82, 2.24) is 20.5 Å². The Morgan fingerprint density at radius 2 is 1.96 bits per heavy atom. The first-order valence-corrected chi connectivity index (χ1v) is 8.65. The summed E-state index contributed by atoms with van der Waals surface area (Å²) in [6.45, 7) is 4.70. The summed E-state index contributed by atoms with van der Waals surface area (Å²) in [4.78, 5) is 16.3. The molecule has 0 bridgehead atoms. The van der Waals surface area contributed by atoms with Gasteiger partial charge >= 0.3 is 0 Å². The Balaban J connectivity index is 0.00000288. The van der Waals surface area contributed by atoms with Gasteiger partial charge in [0.25, 0.3) is 5.91 Å². The van der Waals surface area contributed by atoms with Crippen LogP contribution in [0.5, 0.6) is 0 Å². The number of nitrogens with zero attached hydrogens (tertiary/aromatic N) is 2. The van der Waals surface area contributed by atoms with Gasteiger partial charge < -0.3 is 11.1 Å². The van der Waals surface area contributed by atoms with Gasteiger partial charge in [-0.05, 0) is 30.0 Å². The van der Waals surface area contributed by atoms with Crippen molar-refractivity contribution in [3.05, 3.63) is 41.7 Å². The fourth-order valence-corrected chi connectivity index (χ4v) is 2.95. The molecule has 0 saturated heterocycles. The highest BCUT2D eigenvalue weighted by Crippen LogP contribution is 2.18. The number of carbonyl (C=O) groups is 1. The van der Waals surface area contributed by atoms with E-state index in [1.807, 2.05) is 24.3 Å². The molecule has 1 aromatic heterocycles. The fourth-order valence-electron chi connectivity index (χ4n) is 2.22. The summed E-state index contributed by atoms with van der Waals surface area (Å²) in [6.07, 6.45) is 2.37. The number of rotatable bonds is 8. The van der Waals surface area contributed by atoms with Crippen LogP contribution < -0.4 is 11.1 Å². The molecule has 6 nitrogen and oxygen atoms in total. The third-order valence-electron chi connectivity index (χ3n) is 3.36. The van der Waals surface area contributed by atoms with Crippen LogP contribution in [0.3, 0.4) is 0 Å². The predicted molar refractivity (Wildman–Crippen MR) is 107 cm³/mol. The summed E-state index contributed by atoms with van der Waals surface area (Å²) in [5.74, 6) is 1.20. The largest absolute Gasteiger partial charge is 0.348 e. The van der Waals surface area contributed by atoms with Crippen LogP contribution >= 0.6 is 36.6 Å². The van der Waals surface area contributed by atoms with Crippen LogP contribution in [0.15, 0.2) is 35.7 Å². The number of carbonyl (C=O) groups excluding carboxylic acids is 1. The molecule has 1 unspecified atom stereocenters. The minimum Gasteiger partial charge on any atom is -0.348 e. The van der Waals surface area contributed by atoms with Gasteiger partial charge in [0.05, 0.1) is 0 Å². The minimum absolute atomic E-state index is 0. The van der Waals surface area contributed by atoms with Gasteiger partial charge in [0, 0.05) is 23.9 Å². The molecule has 2 aromatic rings. The zero-order chi connectivity index (χ0) is 16.7. The smallest absolute Gasteiger partial charge is 0.251 e. The summed E-state index contributed by atoms with van der Waals surface area (Å²) >= 11 is 1.57. The molecule has 1 aromatic carbocycles. The number of nitrogens with two attached hydrogens (primary N) is 1. The molecular weight excluding hydrogens is 381 g/mol. The van der Waals surface area contributed by atoms with E-state index < -0.39 is 0 Å². The van der Waals surface area contributed by atoms with Gasteiger partial charge in [0.1, 0.15) is 6.33 Å². The van der Waals surface area contributed by atoms with Crippen molar-refractivity contribution in [1.29, 1.82) is 0 Å². The number of hydrogen-bond donors (Lipinski definition) is 3. The average molecular weight is 406 g/mol. The molecule has 0 aliphatic carbocycles. The van der Waals surface area contributed by atoms with Crippen molar-refractivity contribution < 1.29 is 4.79 Å². The number of halogens is 2. The number of nitrogens with one attached hydrogen (secondary N) is 2. The topological polar surface area (TPSA) is 96.7 Å². The second kappa shape index (κ2) is 12.1. The van der Waals surface area contributed by atoms with Gasteiger partial charge in [0.2, 0.25) is 0 Å². The Morgan fingerprint density at radius 1 is 1.28 bits per heavy atom. The number of amides is 1. The van der Waals surface area contributed by atoms with Crippen molar-refractivity contribution in [2.75, 3.05) is 6.54 Å². The quantitative estimate of drug-likeness (QED) is 0.586. The van der Waals surface area contributed by atoms with Gasteiger partial charge in [-0.1, -0.05) is 37.7 Å². The first kappa shape index (κ1) is 23.7. The van der Waals surface area contributed by atoms with E-state index in [9.17, 15) is 4.79 Å². The Labute approximate surface area is 165 Å². The molecule has 1 heterocycles. The second-order valence-corrected chi connectivity index (χ2v) is 6.78. The fraction of sp³-hybridized carbons (Fsp3) is 0.438. The number of aromatic amines is 1. The third kappa shape index (κ3) is 8.09. The Bertz CT molecular complexity index is 607. The molecule has 25 heavy (non-hydrogen) atoms. The van der Waals surface area contributed by atoms with Gasteiger partial charge in [-0.3, -0.25) is 9.89 Å². The van der Waals surface area contributed by atoms with Gasteiger partial charge in [-0.15, -0.1) is 24.8 Å². The number of H-pyrrole nitrogens is 1. The molecule has 0 spiro atoms. The zero-order valence-corrected chi connectivity index (χ0v) is 16.7. The Hall–Kier alpha value is -1.28. The normalized spacial score (nSPS) is 11.4. The van der Waals surface area contributed by atoms with Crippen LogP contribution in [0.25, 0.3) is 0 Å². The standard InChI is InChI=1S/C16H23N5OS.2ClH/c1-11(2)7-14(8-17)20-15(22)13-5-3-12(4-6-13)9-23-16-18-10-19-21-16;;/h3-6,10-11,14H,7-9,17H2,1-2H3,(H,20,22)(H,18,19,21);2*1H. The molecule has 4 N–H and O–H groups in total. The maximum atomic E-state index is 12.3. The second-order valence-electron chi connectivity index (χ2n) is 5.81. The van der Waals surface area contributed by atoms with Crippen LogP contribution in [0, 0.1) is 5.92 Å². The SMILES string of the molecule is CC(C)CC(CN)NC(=O)c1ccc(CSc2ncn[nH]2)cc1.Cl.Cl. The average Bonchev–Trinajstić information content (AvgIpc) is 3.05. The molecule has 2 rings (SSSR count). The van der Waals surface area contributed by atoms with E-state index in [4.69, 9.17) is 5.73 Å². The van der Waals surface area contributed by atoms with Crippen LogP contribution in [0.2, 0.25) is 0 Å². The van der Waals surface area contributed by atoms with E-state index in [-0.39, 0.29) is 36.8 Å². The van der Waals surface area contributed by atoms with E-state index >= 15 is 0 Å². The Kier molecular flexibility index (Phi) is 11.5. The number of hydrogen-bond acceptors (Lipinski definition) is 5. The maximum absolute atomic E-state index is 12.3. The third-order valence-corrected chi connectivity index (χ3v) is 4.31. The van der Waals surface area contributed by atoms with Crippen LogP contribution in [0.4, 0.5) is 0 Å². The van der Waals surface area contributed by atoms with Crippen molar-refractivity contribution in [2.45, 2.75) is 37.2 Å². The van der Waals surface area contributed by atoms with Crippen molar-refractivity contribution in [3.63, 3.8) is 0 Å². The number of thioether (sulfide) groups is 1. The minimum atomic E-state index is -0.0736. The maximum Gasteiger partial charge on any atom is 0.251 e. The van der Waals surface area contributed by atoms with Crippen LogP contribution in [-0.4, -0.2) is 33.7 Å². The van der Waals surface area contributed by atoms with Crippen LogP contribution in [0.1, 0.15) is 36.2 Å². The lowest BCUT2D eigenvalue weighted by Gasteiger charge is -2.18. The highest BCUT2D eigenvalue weighted by Gasteiger charge is 2.13. The van der Waals surface area contributed by atoms with Crippen molar-refractivity contribution in [2.24, 2.45) is 11.7 Å². The molecule has 9 heteroatoms.